The fourth-order valence-electron chi connectivity index (χ4n) is 2.22. The number of rotatable bonds is 2. The molecule has 0 saturated heterocycles. The second-order valence-electron chi connectivity index (χ2n) is 4.48. The number of carbonyl (C=O) groups excluding carboxylic acids is 1. The molecule has 0 heterocycles. The lowest BCUT2D eigenvalue weighted by Gasteiger charge is -2.06. The molecule has 3 rings (SSSR count). The molecule has 0 aliphatic rings. The van der Waals surface area contributed by atoms with Gasteiger partial charge < -0.3 is 0 Å². The fraction of sp³-hybridized carbons (Fsp3) is 0. The van der Waals surface area contributed by atoms with Gasteiger partial charge in [0.25, 0.3) is 0 Å². The molecule has 20 heavy (non-hydrogen) atoms. The van der Waals surface area contributed by atoms with Crippen molar-refractivity contribution in [1.29, 1.82) is 0 Å². The van der Waals surface area contributed by atoms with Gasteiger partial charge >= 0.3 is 0 Å². The van der Waals surface area contributed by atoms with Crippen LogP contribution in [0.1, 0.15) is 15.9 Å². The Kier molecular flexibility index (Phi) is 3.03. The van der Waals surface area contributed by atoms with Crippen LogP contribution >= 0.6 is 0 Å². The Labute approximate surface area is 114 Å². The molecule has 3 heteroatoms. The molecule has 3 aromatic carbocycles. The summed E-state index contributed by atoms with van der Waals surface area (Å²) in [5.41, 5.74) is 0.620. The van der Waals surface area contributed by atoms with E-state index in [9.17, 15) is 13.6 Å². The van der Waals surface area contributed by atoms with Gasteiger partial charge in [-0.1, -0.05) is 42.5 Å². The highest BCUT2D eigenvalue weighted by Crippen LogP contribution is 2.22. The van der Waals surface area contributed by atoms with Crippen LogP contribution in [0.15, 0.2) is 60.7 Å². The van der Waals surface area contributed by atoms with Crippen molar-refractivity contribution in [3.8, 4) is 0 Å². The van der Waals surface area contributed by atoms with Crippen molar-refractivity contribution in [2.24, 2.45) is 0 Å². The number of hydrogen-bond acceptors (Lipinski definition) is 1. The minimum atomic E-state index is -1.02. The zero-order valence-electron chi connectivity index (χ0n) is 10.4. The van der Waals surface area contributed by atoms with Crippen LogP contribution in [0.5, 0.6) is 0 Å². The third kappa shape index (κ3) is 2.07. The third-order valence-electron chi connectivity index (χ3n) is 3.22. The molecule has 0 fully saturated rings. The number of fused-ring (bicyclic) bond motifs is 1. The maximum absolute atomic E-state index is 13.2. The first-order chi connectivity index (χ1) is 9.66. The van der Waals surface area contributed by atoms with E-state index in [2.05, 4.69) is 0 Å². The van der Waals surface area contributed by atoms with E-state index in [0.29, 0.717) is 5.56 Å². The number of carbonyl (C=O) groups is 1. The van der Waals surface area contributed by atoms with Gasteiger partial charge in [0, 0.05) is 11.1 Å². The van der Waals surface area contributed by atoms with Crippen molar-refractivity contribution in [2.45, 2.75) is 0 Å². The van der Waals surface area contributed by atoms with E-state index >= 15 is 0 Å². The Hall–Kier alpha value is -2.55. The van der Waals surface area contributed by atoms with Gasteiger partial charge in [-0.2, -0.15) is 0 Å². The minimum Gasteiger partial charge on any atom is -0.289 e. The summed E-state index contributed by atoms with van der Waals surface area (Å²) in [6.07, 6.45) is 0. The quantitative estimate of drug-likeness (QED) is 0.631. The van der Waals surface area contributed by atoms with Gasteiger partial charge in [0.1, 0.15) is 0 Å². The van der Waals surface area contributed by atoms with Crippen LogP contribution in [0.2, 0.25) is 0 Å². The zero-order chi connectivity index (χ0) is 14.1. The Morgan fingerprint density at radius 3 is 2.35 bits per heavy atom. The monoisotopic (exact) mass is 268 g/mol. The number of hydrogen-bond donors (Lipinski definition) is 0. The Morgan fingerprint density at radius 2 is 1.55 bits per heavy atom. The molecule has 0 aliphatic carbocycles. The van der Waals surface area contributed by atoms with Gasteiger partial charge in [-0.05, 0) is 29.0 Å². The van der Waals surface area contributed by atoms with Gasteiger partial charge in [-0.15, -0.1) is 0 Å². The minimum absolute atomic E-state index is 0.139. The highest BCUT2D eigenvalue weighted by Gasteiger charge is 2.14. The predicted molar refractivity (Wildman–Crippen MR) is 73.7 cm³/mol. The SMILES string of the molecule is O=C(c1ccc(F)c(F)c1)c1cccc2ccccc12. The van der Waals surface area contributed by atoms with E-state index in [0.717, 1.165) is 22.9 Å². The molecule has 0 aromatic heterocycles. The highest BCUT2D eigenvalue weighted by atomic mass is 19.2. The van der Waals surface area contributed by atoms with E-state index in [1.54, 1.807) is 12.1 Å². The normalized spacial score (nSPS) is 10.7. The second kappa shape index (κ2) is 4.85. The fourth-order valence-corrected chi connectivity index (χ4v) is 2.22. The van der Waals surface area contributed by atoms with E-state index in [-0.39, 0.29) is 11.3 Å². The van der Waals surface area contributed by atoms with Crippen molar-refractivity contribution in [3.05, 3.63) is 83.4 Å². The molecular weight excluding hydrogens is 258 g/mol. The maximum Gasteiger partial charge on any atom is 0.193 e. The lowest BCUT2D eigenvalue weighted by Crippen LogP contribution is -2.03. The van der Waals surface area contributed by atoms with Crippen molar-refractivity contribution in [3.63, 3.8) is 0 Å². The van der Waals surface area contributed by atoms with Gasteiger partial charge in [0.2, 0.25) is 0 Å². The lowest BCUT2D eigenvalue weighted by atomic mass is 9.97. The van der Waals surface area contributed by atoms with Gasteiger partial charge in [-0.25, -0.2) is 8.78 Å². The molecule has 1 nitrogen and oxygen atoms in total. The van der Waals surface area contributed by atoms with Crippen LogP contribution in [0.3, 0.4) is 0 Å². The van der Waals surface area contributed by atoms with Crippen LogP contribution in [0, 0.1) is 11.6 Å². The molecule has 0 unspecified atom stereocenters. The summed E-state index contributed by atoms with van der Waals surface area (Å²) in [4.78, 5) is 12.4. The van der Waals surface area contributed by atoms with E-state index in [1.807, 2.05) is 30.3 Å². The lowest BCUT2D eigenvalue weighted by molar-refractivity contribution is 0.103. The largest absolute Gasteiger partial charge is 0.289 e. The third-order valence-corrected chi connectivity index (χ3v) is 3.22. The summed E-state index contributed by atoms with van der Waals surface area (Å²) in [5.74, 6) is -2.30. The summed E-state index contributed by atoms with van der Waals surface area (Å²) in [6.45, 7) is 0. The molecule has 0 radical (unpaired) electrons. The van der Waals surface area contributed by atoms with E-state index in [1.165, 1.54) is 6.07 Å². The molecule has 0 spiro atoms. The number of benzene rings is 3. The first kappa shape index (κ1) is 12.5. The van der Waals surface area contributed by atoms with Crippen LogP contribution in [-0.4, -0.2) is 5.78 Å². The number of halogens is 2. The summed E-state index contributed by atoms with van der Waals surface area (Å²) in [6, 6.07) is 16.0. The first-order valence-corrected chi connectivity index (χ1v) is 6.14. The van der Waals surface area contributed by atoms with Crippen LogP contribution in [0.25, 0.3) is 10.8 Å². The summed E-state index contributed by atoms with van der Waals surface area (Å²) < 4.78 is 26.2. The molecule has 0 aliphatic heterocycles. The molecular formula is C17H10F2O. The van der Waals surface area contributed by atoms with Crippen LogP contribution in [-0.2, 0) is 0 Å². The smallest absolute Gasteiger partial charge is 0.193 e. The van der Waals surface area contributed by atoms with Crippen LogP contribution < -0.4 is 0 Å². The second-order valence-corrected chi connectivity index (χ2v) is 4.48. The summed E-state index contributed by atoms with van der Waals surface area (Å²) in [5, 5.41) is 1.73. The van der Waals surface area contributed by atoms with E-state index < -0.39 is 11.6 Å². The maximum atomic E-state index is 13.2. The van der Waals surface area contributed by atoms with Crippen molar-refractivity contribution in [1.82, 2.24) is 0 Å². The summed E-state index contributed by atoms with van der Waals surface area (Å²) >= 11 is 0. The molecule has 0 atom stereocenters. The topological polar surface area (TPSA) is 17.1 Å². The van der Waals surface area contributed by atoms with Gasteiger partial charge in [-0.3, -0.25) is 4.79 Å². The molecule has 0 saturated carbocycles. The summed E-state index contributed by atoms with van der Waals surface area (Å²) in [7, 11) is 0. The average molecular weight is 268 g/mol. The molecule has 3 aromatic rings. The molecule has 0 amide bonds. The Morgan fingerprint density at radius 1 is 0.800 bits per heavy atom. The molecule has 0 N–H and O–H groups in total. The van der Waals surface area contributed by atoms with Crippen LogP contribution in [0.4, 0.5) is 8.78 Å². The Bertz CT molecular complexity index is 804. The number of ketones is 1. The van der Waals surface area contributed by atoms with E-state index in [4.69, 9.17) is 0 Å². The Balaban J connectivity index is 2.15. The molecule has 98 valence electrons. The highest BCUT2D eigenvalue weighted by molar-refractivity contribution is 6.16. The standard InChI is InChI=1S/C17H10F2O/c18-15-9-8-12(10-16(15)19)17(20)14-7-3-5-11-4-1-2-6-13(11)14/h1-10H. The van der Waals surface area contributed by atoms with Gasteiger partial charge in [0.05, 0.1) is 0 Å². The van der Waals surface area contributed by atoms with Crippen molar-refractivity contribution in [2.75, 3.05) is 0 Å². The molecule has 0 bridgehead atoms. The zero-order valence-corrected chi connectivity index (χ0v) is 10.4. The first-order valence-electron chi connectivity index (χ1n) is 6.14. The predicted octanol–water partition coefficient (Wildman–Crippen LogP) is 4.35. The van der Waals surface area contributed by atoms with Crippen molar-refractivity contribution >= 4 is 16.6 Å². The van der Waals surface area contributed by atoms with Crippen molar-refractivity contribution < 1.29 is 13.6 Å². The van der Waals surface area contributed by atoms with Gasteiger partial charge in [0.15, 0.2) is 17.4 Å². The average Bonchev–Trinajstić information content (AvgIpc) is 2.49.